The molecule has 1 aliphatic rings. The van der Waals surface area contributed by atoms with E-state index in [2.05, 4.69) is 22.1 Å². The highest BCUT2D eigenvalue weighted by molar-refractivity contribution is 7.89. The van der Waals surface area contributed by atoms with E-state index in [1.807, 2.05) is 25.2 Å². The Morgan fingerprint density at radius 3 is 2.58 bits per heavy atom. The standard InChI is InChI=1S/C21H24N4O4S2/c1-23(15-17-6-3-2-4-7-17)16-25-21(30)29-20(22-25)18-8-5-9-19(14-18)31(26,27)24-10-12-28-13-11-24/h2-9,14H,10-13,15-16H2,1H3. The second-order valence-electron chi connectivity index (χ2n) is 7.36. The van der Waals surface area contributed by atoms with Crippen LogP contribution in [0.4, 0.5) is 0 Å². The molecule has 0 aliphatic carbocycles. The Kier molecular flexibility index (Phi) is 6.63. The molecule has 3 aromatic rings. The molecule has 8 nitrogen and oxygen atoms in total. The Bertz CT molecular complexity index is 1190. The summed E-state index contributed by atoms with van der Waals surface area (Å²) >= 11 is 5.33. The Morgan fingerprint density at radius 1 is 1.10 bits per heavy atom. The lowest BCUT2D eigenvalue weighted by molar-refractivity contribution is 0.0730. The smallest absolute Gasteiger partial charge is 0.288 e. The minimum atomic E-state index is -3.61. The molecule has 1 aliphatic heterocycles. The lowest BCUT2D eigenvalue weighted by Gasteiger charge is -2.26. The molecular weight excluding hydrogens is 436 g/mol. The van der Waals surface area contributed by atoms with Crippen molar-refractivity contribution in [3.05, 3.63) is 65.0 Å². The number of morpholine rings is 1. The maximum Gasteiger partial charge on any atom is 0.288 e. The van der Waals surface area contributed by atoms with Gasteiger partial charge >= 0.3 is 0 Å². The van der Waals surface area contributed by atoms with Gasteiger partial charge in [-0.3, -0.25) is 4.90 Å². The van der Waals surface area contributed by atoms with Crippen LogP contribution in [0.5, 0.6) is 0 Å². The predicted molar refractivity (Wildman–Crippen MR) is 118 cm³/mol. The number of benzene rings is 2. The van der Waals surface area contributed by atoms with Crippen molar-refractivity contribution >= 4 is 22.2 Å². The van der Waals surface area contributed by atoms with Gasteiger partial charge in [0.1, 0.15) is 0 Å². The van der Waals surface area contributed by atoms with Crippen LogP contribution < -0.4 is 0 Å². The van der Waals surface area contributed by atoms with Crippen LogP contribution in [-0.4, -0.2) is 60.8 Å². The number of hydrogen-bond donors (Lipinski definition) is 0. The Morgan fingerprint density at radius 2 is 1.84 bits per heavy atom. The van der Waals surface area contributed by atoms with E-state index < -0.39 is 10.0 Å². The van der Waals surface area contributed by atoms with Gasteiger partial charge in [-0.1, -0.05) is 36.4 Å². The first-order valence-electron chi connectivity index (χ1n) is 9.92. The molecule has 0 atom stereocenters. The first kappa shape index (κ1) is 21.8. The minimum Gasteiger partial charge on any atom is -0.409 e. The van der Waals surface area contributed by atoms with Crippen molar-refractivity contribution in [3.8, 4) is 11.5 Å². The average molecular weight is 461 g/mol. The molecule has 2 heterocycles. The molecule has 0 unspecified atom stereocenters. The zero-order valence-electron chi connectivity index (χ0n) is 17.2. The molecular formula is C21H24N4O4S2. The fourth-order valence-electron chi connectivity index (χ4n) is 3.41. The zero-order valence-corrected chi connectivity index (χ0v) is 18.8. The van der Waals surface area contributed by atoms with Crippen molar-refractivity contribution in [2.75, 3.05) is 33.4 Å². The first-order chi connectivity index (χ1) is 14.9. The topological polar surface area (TPSA) is 80.8 Å². The van der Waals surface area contributed by atoms with E-state index in [1.54, 1.807) is 28.9 Å². The molecule has 0 N–H and O–H groups in total. The number of sulfonamides is 1. The van der Waals surface area contributed by atoms with E-state index in [4.69, 9.17) is 21.4 Å². The van der Waals surface area contributed by atoms with Crippen LogP contribution in [0.3, 0.4) is 0 Å². The zero-order chi connectivity index (χ0) is 21.8. The van der Waals surface area contributed by atoms with E-state index in [9.17, 15) is 8.42 Å². The van der Waals surface area contributed by atoms with Crippen LogP contribution in [0.1, 0.15) is 5.56 Å². The summed E-state index contributed by atoms with van der Waals surface area (Å²) in [5, 5.41) is 4.47. The first-order valence-corrected chi connectivity index (χ1v) is 11.8. The monoisotopic (exact) mass is 460 g/mol. The van der Waals surface area contributed by atoms with Crippen molar-refractivity contribution < 1.29 is 17.6 Å². The fraction of sp³-hybridized carbons (Fsp3) is 0.333. The van der Waals surface area contributed by atoms with Gasteiger partial charge in [-0.15, -0.1) is 5.10 Å². The van der Waals surface area contributed by atoms with Crippen LogP contribution in [0.15, 0.2) is 63.9 Å². The van der Waals surface area contributed by atoms with Gasteiger partial charge < -0.3 is 9.15 Å². The summed E-state index contributed by atoms with van der Waals surface area (Å²) in [5.41, 5.74) is 1.74. The molecule has 0 radical (unpaired) electrons. The second-order valence-corrected chi connectivity index (χ2v) is 9.65. The summed E-state index contributed by atoms with van der Waals surface area (Å²) < 4.78 is 39.9. The number of nitrogens with zero attached hydrogens (tertiary/aromatic N) is 4. The van der Waals surface area contributed by atoms with Crippen LogP contribution in [0, 0.1) is 4.84 Å². The molecule has 0 saturated carbocycles. The van der Waals surface area contributed by atoms with Gasteiger partial charge in [0, 0.05) is 25.2 Å². The summed E-state index contributed by atoms with van der Waals surface area (Å²) in [6.45, 7) is 2.66. The SMILES string of the molecule is CN(Cc1ccccc1)Cn1nc(-c2cccc(S(=O)(=O)N3CCOCC3)c2)oc1=S. The van der Waals surface area contributed by atoms with E-state index in [1.165, 1.54) is 9.87 Å². The minimum absolute atomic E-state index is 0.198. The lowest BCUT2D eigenvalue weighted by atomic mass is 10.2. The molecule has 1 saturated heterocycles. The molecule has 31 heavy (non-hydrogen) atoms. The van der Waals surface area contributed by atoms with Crippen molar-refractivity contribution in [2.45, 2.75) is 18.1 Å². The summed E-state index contributed by atoms with van der Waals surface area (Å²) in [7, 11) is -1.64. The van der Waals surface area contributed by atoms with Crippen LogP contribution >= 0.6 is 12.2 Å². The van der Waals surface area contributed by atoms with Gasteiger partial charge in [-0.25, -0.2) is 13.1 Å². The summed E-state index contributed by atoms with van der Waals surface area (Å²) in [5.74, 6) is 0.289. The summed E-state index contributed by atoms with van der Waals surface area (Å²) in [6, 6.07) is 16.7. The molecule has 4 rings (SSSR count). The third-order valence-electron chi connectivity index (χ3n) is 4.97. The molecule has 1 aromatic heterocycles. The average Bonchev–Trinajstić information content (AvgIpc) is 3.15. The maximum atomic E-state index is 12.9. The highest BCUT2D eigenvalue weighted by Gasteiger charge is 2.27. The number of rotatable bonds is 7. The van der Waals surface area contributed by atoms with Crippen LogP contribution in [-0.2, 0) is 28.0 Å². The van der Waals surface area contributed by atoms with Crippen molar-refractivity contribution in [1.29, 1.82) is 0 Å². The summed E-state index contributed by atoms with van der Waals surface area (Å²) in [4.78, 5) is 2.50. The van der Waals surface area contributed by atoms with E-state index in [0.29, 0.717) is 38.5 Å². The number of aromatic nitrogens is 2. The van der Waals surface area contributed by atoms with E-state index in [0.717, 1.165) is 6.54 Å². The summed E-state index contributed by atoms with van der Waals surface area (Å²) in [6.07, 6.45) is 0. The maximum absolute atomic E-state index is 12.9. The number of ether oxygens (including phenoxy) is 1. The van der Waals surface area contributed by atoms with Crippen LogP contribution in [0.25, 0.3) is 11.5 Å². The van der Waals surface area contributed by atoms with Crippen LogP contribution in [0.2, 0.25) is 0 Å². The molecule has 10 heteroatoms. The predicted octanol–water partition coefficient (Wildman–Crippen LogP) is 2.98. The molecule has 1 fully saturated rings. The molecule has 0 amide bonds. The van der Waals surface area contributed by atoms with E-state index in [-0.39, 0.29) is 15.6 Å². The van der Waals surface area contributed by atoms with Crippen molar-refractivity contribution in [2.24, 2.45) is 0 Å². The molecule has 164 valence electrons. The quantitative estimate of drug-likeness (QED) is 0.502. The Hall–Kier alpha value is -2.37. The molecule has 0 bridgehead atoms. The normalized spacial score (nSPS) is 15.4. The third kappa shape index (κ3) is 5.10. The Balaban J connectivity index is 1.53. The largest absolute Gasteiger partial charge is 0.409 e. The van der Waals surface area contributed by atoms with Gasteiger partial charge in [0.2, 0.25) is 15.9 Å². The van der Waals surface area contributed by atoms with Gasteiger partial charge in [0.15, 0.2) is 0 Å². The second kappa shape index (κ2) is 9.41. The van der Waals surface area contributed by atoms with Crippen molar-refractivity contribution in [1.82, 2.24) is 19.0 Å². The van der Waals surface area contributed by atoms with Gasteiger partial charge in [-0.2, -0.15) is 4.31 Å². The highest BCUT2D eigenvalue weighted by Crippen LogP contribution is 2.24. The molecule has 2 aromatic carbocycles. The van der Waals surface area contributed by atoms with Gasteiger partial charge in [0.05, 0.1) is 24.8 Å². The third-order valence-corrected chi connectivity index (χ3v) is 7.15. The Labute approximate surface area is 186 Å². The van der Waals surface area contributed by atoms with Crippen molar-refractivity contribution in [3.63, 3.8) is 0 Å². The lowest BCUT2D eigenvalue weighted by Crippen LogP contribution is -2.40. The van der Waals surface area contributed by atoms with Gasteiger partial charge in [0.25, 0.3) is 4.84 Å². The number of hydrogen-bond acceptors (Lipinski definition) is 7. The van der Waals surface area contributed by atoms with E-state index >= 15 is 0 Å². The fourth-order valence-corrected chi connectivity index (χ4v) is 5.04. The highest BCUT2D eigenvalue weighted by atomic mass is 32.2. The molecule has 0 spiro atoms. The van der Waals surface area contributed by atoms with Gasteiger partial charge in [-0.05, 0) is 43.0 Å².